The molecule has 0 aliphatic rings. The third kappa shape index (κ3) is 9.44. The minimum absolute atomic E-state index is 0.305. The number of carbonyl (C=O) groups excluding carboxylic acids is 3. The molecule has 1 rings (SSSR count). The molecule has 0 aliphatic carbocycles. The molecule has 7 heteroatoms. The molecule has 0 saturated carbocycles. The van der Waals surface area contributed by atoms with Gasteiger partial charge in [0.15, 0.2) is 0 Å². The number of nitrogens with one attached hydrogen (secondary N) is 2. The summed E-state index contributed by atoms with van der Waals surface area (Å²) in [5.74, 6) is -0.893. The van der Waals surface area contributed by atoms with Crippen LogP contribution in [0.3, 0.4) is 0 Å². The highest BCUT2D eigenvalue weighted by Crippen LogP contribution is 2.09. The van der Waals surface area contributed by atoms with E-state index in [0.29, 0.717) is 6.42 Å². The van der Waals surface area contributed by atoms with E-state index in [0.717, 1.165) is 5.56 Å². The molecule has 7 nitrogen and oxygen atoms in total. The Morgan fingerprint density at radius 1 is 1.11 bits per heavy atom. The van der Waals surface area contributed by atoms with E-state index in [1.165, 1.54) is 19.3 Å². The summed E-state index contributed by atoms with van der Waals surface area (Å²) in [5, 5.41) is 5.36. The van der Waals surface area contributed by atoms with Gasteiger partial charge in [0.25, 0.3) is 0 Å². The summed E-state index contributed by atoms with van der Waals surface area (Å²) in [7, 11) is 1.27. The molecule has 0 heterocycles. The van der Waals surface area contributed by atoms with Crippen LogP contribution in [0, 0.1) is 0 Å². The van der Waals surface area contributed by atoms with Crippen molar-refractivity contribution in [1.82, 2.24) is 10.6 Å². The molecule has 1 aromatic rings. The van der Waals surface area contributed by atoms with Gasteiger partial charge in [-0.1, -0.05) is 36.4 Å². The van der Waals surface area contributed by atoms with Crippen LogP contribution in [-0.4, -0.2) is 42.8 Å². The number of hydrogen-bond donors (Lipinski definition) is 2. The van der Waals surface area contributed by atoms with Gasteiger partial charge in [0.2, 0.25) is 5.91 Å². The number of methoxy groups -OCH3 is 1. The molecular weight excluding hydrogens is 348 g/mol. The van der Waals surface area contributed by atoms with Crippen LogP contribution in [0.1, 0.15) is 33.3 Å². The first-order chi connectivity index (χ1) is 12.6. The smallest absolute Gasteiger partial charge is 0.408 e. The zero-order chi connectivity index (χ0) is 20.4. The SMILES string of the molecule is COC(=O)/C=C/[C@@H](C)NC(=O)[C@H](Cc1ccccc1)NC(=O)OC(C)(C)C. The molecule has 1 aromatic carbocycles. The Morgan fingerprint density at radius 3 is 2.30 bits per heavy atom. The van der Waals surface area contributed by atoms with Crippen LogP contribution in [0.4, 0.5) is 4.79 Å². The first-order valence-electron chi connectivity index (χ1n) is 8.70. The van der Waals surface area contributed by atoms with Crippen LogP contribution in [0.15, 0.2) is 42.5 Å². The Balaban J connectivity index is 2.82. The van der Waals surface area contributed by atoms with E-state index in [9.17, 15) is 14.4 Å². The Bertz CT molecular complexity index is 665. The number of amides is 2. The van der Waals surface area contributed by atoms with E-state index >= 15 is 0 Å². The van der Waals surface area contributed by atoms with Crippen LogP contribution < -0.4 is 10.6 Å². The van der Waals surface area contributed by atoms with Crippen LogP contribution in [-0.2, 0) is 25.5 Å². The maximum absolute atomic E-state index is 12.6. The Hall–Kier alpha value is -2.83. The molecule has 0 saturated heterocycles. The first kappa shape index (κ1) is 22.2. The average molecular weight is 376 g/mol. The molecule has 0 aliphatic heterocycles. The van der Waals surface area contributed by atoms with Crippen molar-refractivity contribution in [2.45, 2.75) is 51.8 Å². The van der Waals surface area contributed by atoms with Crippen molar-refractivity contribution in [2.24, 2.45) is 0 Å². The van der Waals surface area contributed by atoms with E-state index in [4.69, 9.17) is 4.74 Å². The minimum Gasteiger partial charge on any atom is -0.466 e. The van der Waals surface area contributed by atoms with Crippen molar-refractivity contribution >= 4 is 18.0 Å². The summed E-state index contributed by atoms with van der Waals surface area (Å²) in [4.78, 5) is 35.9. The summed E-state index contributed by atoms with van der Waals surface area (Å²) in [6, 6.07) is 8.10. The van der Waals surface area contributed by atoms with Crippen molar-refractivity contribution < 1.29 is 23.9 Å². The van der Waals surface area contributed by atoms with Gasteiger partial charge in [-0.2, -0.15) is 0 Å². The van der Waals surface area contributed by atoms with Crippen molar-refractivity contribution in [1.29, 1.82) is 0 Å². The summed E-state index contributed by atoms with van der Waals surface area (Å²) >= 11 is 0. The molecule has 0 aromatic heterocycles. The normalized spacial score (nSPS) is 13.5. The maximum atomic E-state index is 12.6. The van der Waals surface area contributed by atoms with Crippen LogP contribution in [0.2, 0.25) is 0 Å². The molecule has 2 amide bonds. The summed E-state index contributed by atoms with van der Waals surface area (Å²) in [6.07, 6.45) is 2.38. The van der Waals surface area contributed by atoms with Crippen molar-refractivity contribution in [3.63, 3.8) is 0 Å². The summed E-state index contributed by atoms with van der Waals surface area (Å²) < 4.78 is 9.77. The second-order valence-corrected chi connectivity index (χ2v) is 7.07. The van der Waals surface area contributed by atoms with Crippen LogP contribution >= 0.6 is 0 Å². The van der Waals surface area contributed by atoms with Gasteiger partial charge < -0.3 is 20.1 Å². The molecule has 2 N–H and O–H groups in total. The molecule has 0 bridgehead atoms. The first-order valence-corrected chi connectivity index (χ1v) is 8.70. The van der Waals surface area contributed by atoms with E-state index in [2.05, 4.69) is 15.4 Å². The zero-order valence-corrected chi connectivity index (χ0v) is 16.4. The highest BCUT2D eigenvalue weighted by Gasteiger charge is 2.25. The monoisotopic (exact) mass is 376 g/mol. The van der Waals surface area contributed by atoms with Gasteiger partial charge in [-0.15, -0.1) is 0 Å². The van der Waals surface area contributed by atoms with Gasteiger partial charge in [-0.3, -0.25) is 4.79 Å². The number of carbonyl (C=O) groups is 3. The van der Waals surface area contributed by atoms with E-state index < -0.39 is 29.7 Å². The number of rotatable bonds is 7. The van der Waals surface area contributed by atoms with Crippen molar-refractivity contribution in [3.8, 4) is 0 Å². The van der Waals surface area contributed by atoms with Gasteiger partial charge in [-0.05, 0) is 33.3 Å². The molecule has 148 valence electrons. The Morgan fingerprint density at radius 2 is 1.74 bits per heavy atom. The second-order valence-electron chi connectivity index (χ2n) is 7.07. The fraction of sp³-hybridized carbons (Fsp3) is 0.450. The molecule has 0 radical (unpaired) electrons. The lowest BCUT2D eigenvalue weighted by atomic mass is 10.1. The van der Waals surface area contributed by atoms with E-state index in [1.54, 1.807) is 27.7 Å². The molecule has 27 heavy (non-hydrogen) atoms. The summed E-state index contributed by atoms with van der Waals surface area (Å²) in [6.45, 7) is 6.96. The van der Waals surface area contributed by atoms with Crippen molar-refractivity contribution in [3.05, 3.63) is 48.0 Å². The Labute approximate surface area is 160 Å². The predicted octanol–water partition coefficient (Wildman–Crippen LogP) is 2.36. The third-order valence-electron chi connectivity index (χ3n) is 3.38. The molecule has 0 unspecified atom stereocenters. The van der Waals surface area contributed by atoms with Gasteiger partial charge in [0.05, 0.1) is 7.11 Å². The number of hydrogen-bond acceptors (Lipinski definition) is 5. The lowest BCUT2D eigenvalue weighted by Crippen LogP contribution is -2.50. The second kappa shape index (κ2) is 10.4. The van der Waals surface area contributed by atoms with Crippen molar-refractivity contribution in [2.75, 3.05) is 7.11 Å². The lowest BCUT2D eigenvalue weighted by molar-refractivity contribution is -0.135. The minimum atomic E-state index is -0.823. The van der Waals surface area contributed by atoms with E-state index in [-0.39, 0.29) is 5.91 Å². The largest absolute Gasteiger partial charge is 0.466 e. The molecular formula is C20H28N2O5. The maximum Gasteiger partial charge on any atom is 0.408 e. The standard InChI is InChI=1S/C20H28N2O5/c1-14(11-12-17(23)26-5)21-18(24)16(13-15-9-7-6-8-10-15)22-19(25)27-20(2,3)4/h6-12,14,16H,13H2,1-5H3,(H,21,24)(H,22,25)/b12-11+/t14-,16+/m1/s1. The predicted molar refractivity (Wildman–Crippen MR) is 102 cm³/mol. The van der Waals surface area contributed by atoms with Gasteiger partial charge in [0.1, 0.15) is 11.6 Å². The quantitative estimate of drug-likeness (QED) is 0.563. The molecule has 0 spiro atoms. The third-order valence-corrected chi connectivity index (χ3v) is 3.38. The number of alkyl carbamates (subject to hydrolysis) is 1. The molecule has 0 fully saturated rings. The number of benzene rings is 1. The summed E-state index contributed by atoms with van der Waals surface area (Å²) in [5.41, 5.74) is 0.223. The van der Waals surface area contributed by atoms with Gasteiger partial charge >= 0.3 is 12.1 Å². The van der Waals surface area contributed by atoms with Crippen LogP contribution in [0.5, 0.6) is 0 Å². The highest BCUT2D eigenvalue weighted by atomic mass is 16.6. The van der Waals surface area contributed by atoms with E-state index in [1.807, 2.05) is 30.3 Å². The van der Waals surface area contributed by atoms with Gasteiger partial charge in [0, 0.05) is 18.5 Å². The Kier molecular flexibility index (Phi) is 8.51. The fourth-order valence-electron chi connectivity index (χ4n) is 2.17. The number of ether oxygens (including phenoxy) is 2. The van der Waals surface area contributed by atoms with Gasteiger partial charge in [-0.25, -0.2) is 9.59 Å². The van der Waals surface area contributed by atoms with Crippen LogP contribution in [0.25, 0.3) is 0 Å². The zero-order valence-electron chi connectivity index (χ0n) is 16.4. The fourth-order valence-corrected chi connectivity index (χ4v) is 2.17. The topological polar surface area (TPSA) is 93.7 Å². The number of esters is 1. The highest BCUT2D eigenvalue weighted by molar-refractivity contribution is 5.86. The molecule has 2 atom stereocenters. The average Bonchev–Trinajstić information content (AvgIpc) is 2.58. The lowest BCUT2D eigenvalue weighted by Gasteiger charge is -2.24.